The van der Waals surface area contributed by atoms with Gasteiger partial charge in [0, 0.05) is 13.1 Å². The Labute approximate surface area is 279 Å². The summed E-state index contributed by atoms with van der Waals surface area (Å²) in [6.45, 7) is 4.18. The molecule has 12 N–H and O–H groups in total. The van der Waals surface area contributed by atoms with E-state index >= 15 is 0 Å². The maximum Gasteiger partial charge on any atom is 0.407 e. The summed E-state index contributed by atoms with van der Waals surface area (Å²) >= 11 is 0. The van der Waals surface area contributed by atoms with Crippen molar-refractivity contribution in [2.45, 2.75) is 131 Å². The number of nitrogens with zero attached hydrogens (tertiary/aromatic N) is 1. The van der Waals surface area contributed by atoms with Gasteiger partial charge < -0.3 is 90.1 Å². The standard InChI is InChI=1S/C29H56N2O17/c1-29(2,3)48-28(43)30-8-6-5-7-9-31(4)10-14(33)18(35)19(36)15(34)12-44-26-25(42)23(40)21(38)17(47-26)13-45-27-24(41)22(39)20(37)16(11-32)46-27/h14-27,32-42H,5-13H2,1-4H3,(H,30,43)/t14?,15-,16-,17-,18-,19-,20-,21-,22+,23+,24-,25-,26-,27-/m1/s1. The number of aliphatic hydroxyl groups is 11. The molecule has 0 spiro atoms. The molecule has 284 valence electrons. The Hall–Kier alpha value is -1.37. The largest absolute Gasteiger partial charge is 0.444 e. The molecule has 2 rings (SSSR count). The van der Waals surface area contributed by atoms with Crippen LogP contribution in [0.3, 0.4) is 0 Å². The highest BCUT2D eigenvalue weighted by atomic mass is 16.7. The minimum absolute atomic E-state index is 0.0490. The lowest BCUT2D eigenvalue weighted by Crippen LogP contribution is -2.62. The van der Waals surface area contributed by atoms with Crippen molar-refractivity contribution >= 4 is 6.09 Å². The van der Waals surface area contributed by atoms with Gasteiger partial charge >= 0.3 is 6.09 Å². The molecular weight excluding hydrogens is 648 g/mol. The normalized spacial score (nSPS) is 34.0. The van der Waals surface area contributed by atoms with E-state index in [-0.39, 0.29) is 6.54 Å². The van der Waals surface area contributed by atoms with Gasteiger partial charge in [0.25, 0.3) is 0 Å². The lowest BCUT2D eigenvalue weighted by molar-refractivity contribution is -0.333. The van der Waals surface area contributed by atoms with Crippen LogP contribution in [0.2, 0.25) is 0 Å². The number of hydrogen-bond donors (Lipinski definition) is 12. The van der Waals surface area contributed by atoms with Crippen LogP contribution in [0, 0.1) is 0 Å². The Kier molecular flexibility index (Phi) is 17.7. The number of rotatable bonds is 18. The smallest absolute Gasteiger partial charge is 0.407 e. The molecule has 0 saturated carbocycles. The van der Waals surface area contributed by atoms with Gasteiger partial charge in [-0.2, -0.15) is 0 Å². The number of amides is 1. The van der Waals surface area contributed by atoms with Crippen LogP contribution in [0.4, 0.5) is 4.79 Å². The predicted molar refractivity (Wildman–Crippen MR) is 162 cm³/mol. The maximum absolute atomic E-state index is 11.7. The second-order valence-corrected chi connectivity index (χ2v) is 13.2. The van der Waals surface area contributed by atoms with Gasteiger partial charge in [0.2, 0.25) is 0 Å². The number of likely N-dealkylation sites (N-methyl/N-ethyl adjacent to an activating group) is 1. The highest BCUT2D eigenvalue weighted by Gasteiger charge is 2.47. The van der Waals surface area contributed by atoms with Crippen LogP contribution in [0.1, 0.15) is 40.0 Å². The zero-order valence-corrected chi connectivity index (χ0v) is 27.8. The third-order valence-electron chi connectivity index (χ3n) is 7.89. The van der Waals surface area contributed by atoms with Gasteiger partial charge in [-0.25, -0.2) is 4.79 Å². The molecule has 2 aliphatic heterocycles. The number of ether oxygens (including phenoxy) is 5. The lowest BCUT2D eigenvalue weighted by atomic mass is 9.98. The number of carbonyl (C=O) groups is 1. The molecule has 0 aromatic carbocycles. The summed E-state index contributed by atoms with van der Waals surface area (Å²) in [6, 6.07) is 0. The zero-order chi connectivity index (χ0) is 36.3. The number of unbranched alkanes of at least 4 members (excludes halogenated alkanes) is 2. The highest BCUT2D eigenvalue weighted by molar-refractivity contribution is 5.67. The van der Waals surface area contributed by atoms with Crippen LogP contribution in [-0.4, -0.2) is 205 Å². The molecule has 2 aliphatic rings. The van der Waals surface area contributed by atoms with E-state index in [1.807, 2.05) is 0 Å². The van der Waals surface area contributed by atoms with Gasteiger partial charge in [-0.05, 0) is 47.2 Å². The van der Waals surface area contributed by atoms with Crippen molar-refractivity contribution in [1.29, 1.82) is 0 Å². The second kappa shape index (κ2) is 19.9. The van der Waals surface area contributed by atoms with Crippen molar-refractivity contribution in [1.82, 2.24) is 10.2 Å². The van der Waals surface area contributed by atoms with E-state index in [4.69, 9.17) is 23.7 Å². The van der Waals surface area contributed by atoms with E-state index in [2.05, 4.69) is 5.32 Å². The van der Waals surface area contributed by atoms with Crippen LogP contribution in [0.5, 0.6) is 0 Å². The van der Waals surface area contributed by atoms with Gasteiger partial charge in [-0.1, -0.05) is 6.42 Å². The topological polar surface area (TPSA) is 301 Å². The van der Waals surface area contributed by atoms with Crippen LogP contribution in [-0.2, 0) is 23.7 Å². The fourth-order valence-corrected chi connectivity index (χ4v) is 5.04. The Morgan fingerprint density at radius 3 is 1.90 bits per heavy atom. The van der Waals surface area contributed by atoms with Crippen LogP contribution in [0.15, 0.2) is 0 Å². The molecule has 19 nitrogen and oxygen atoms in total. The summed E-state index contributed by atoms with van der Waals surface area (Å²) in [5, 5.41) is 115. The monoisotopic (exact) mass is 704 g/mol. The fraction of sp³-hybridized carbons (Fsp3) is 0.966. The van der Waals surface area contributed by atoms with Gasteiger partial charge in [0.15, 0.2) is 12.6 Å². The van der Waals surface area contributed by atoms with Crippen LogP contribution in [0.25, 0.3) is 0 Å². The zero-order valence-electron chi connectivity index (χ0n) is 27.8. The first-order valence-corrected chi connectivity index (χ1v) is 16.0. The Morgan fingerprint density at radius 2 is 1.31 bits per heavy atom. The highest BCUT2D eigenvalue weighted by Crippen LogP contribution is 2.26. The molecule has 0 bridgehead atoms. The molecule has 0 aromatic rings. The average Bonchev–Trinajstić information content (AvgIpc) is 3.02. The quantitative estimate of drug-likeness (QED) is 0.0593. The van der Waals surface area contributed by atoms with Crippen molar-refractivity contribution in [2.75, 3.05) is 46.5 Å². The summed E-state index contributed by atoms with van der Waals surface area (Å²) < 4.78 is 26.5. The van der Waals surface area contributed by atoms with E-state index in [0.717, 1.165) is 6.42 Å². The van der Waals surface area contributed by atoms with Crippen molar-refractivity contribution in [3.8, 4) is 0 Å². The van der Waals surface area contributed by atoms with E-state index in [1.54, 1.807) is 32.7 Å². The second-order valence-electron chi connectivity index (χ2n) is 13.2. The van der Waals surface area contributed by atoms with Gasteiger partial charge in [0.05, 0.1) is 25.9 Å². The first-order chi connectivity index (χ1) is 22.4. The number of nitrogens with one attached hydrogen (secondary N) is 1. The van der Waals surface area contributed by atoms with Crippen molar-refractivity contribution in [3.05, 3.63) is 0 Å². The predicted octanol–water partition coefficient (Wildman–Crippen LogP) is -5.30. The van der Waals surface area contributed by atoms with Gasteiger partial charge in [0.1, 0.15) is 72.7 Å². The minimum atomic E-state index is -1.89. The third kappa shape index (κ3) is 13.1. The minimum Gasteiger partial charge on any atom is -0.444 e. The Balaban J connectivity index is 1.77. The molecule has 0 aromatic heterocycles. The summed E-state index contributed by atoms with van der Waals surface area (Å²) in [5.41, 5.74) is -0.584. The van der Waals surface area contributed by atoms with E-state index in [0.29, 0.717) is 25.9 Å². The van der Waals surface area contributed by atoms with Gasteiger partial charge in [-0.15, -0.1) is 0 Å². The van der Waals surface area contributed by atoms with Crippen molar-refractivity contribution in [2.24, 2.45) is 0 Å². The molecular formula is C29H56N2O17. The molecule has 2 heterocycles. The number of hydrogen-bond acceptors (Lipinski definition) is 18. The molecule has 0 radical (unpaired) electrons. The molecule has 1 unspecified atom stereocenters. The summed E-state index contributed by atoms with van der Waals surface area (Å²) in [6.07, 6.45) is -21.7. The van der Waals surface area contributed by atoms with E-state index in [9.17, 15) is 61.0 Å². The molecule has 2 saturated heterocycles. The summed E-state index contributed by atoms with van der Waals surface area (Å²) in [7, 11) is 1.69. The fourth-order valence-electron chi connectivity index (χ4n) is 5.04. The Morgan fingerprint density at radius 1 is 0.771 bits per heavy atom. The third-order valence-corrected chi connectivity index (χ3v) is 7.89. The maximum atomic E-state index is 11.7. The molecule has 19 heteroatoms. The average molecular weight is 705 g/mol. The molecule has 0 aliphatic carbocycles. The van der Waals surface area contributed by atoms with E-state index in [1.165, 1.54) is 0 Å². The van der Waals surface area contributed by atoms with Gasteiger partial charge in [-0.3, -0.25) is 0 Å². The summed E-state index contributed by atoms with van der Waals surface area (Å²) in [4.78, 5) is 13.4. The van der Waals surface area contributed by atoms with Crippen LogP contribution >= 0.6 is 0 Å². The number of carbonyl (C=O) groups excluding carboxylic acids is 1. The number of aliphatic hydroxyl groups excluding tert-OH is 11. The van der Waals surface area contributed by atoms with E-state index < -0.39 is 117 Å². The molecule has 1 amide bonds. The summed E-state index contributed by atoms with van der Waals surface area (Å²) in [5.74, 6) is 0. The lowest BCUT2D eigenvalue weighted by Gasteiger charge is -2.42. The first-order valence-electron chi connectivity index (χ1n) is 16.0. The number of alkyl carbamates (subject to hydrolysis) is 1. The first kappa shape index (κ1) is 42.8. The van der Waals surface area contributed by atoms with Crippen molar-refractivity contribution in [3.63, 3.8) is 0 Å². The molecule has 48 heavy (non-hydrogen) atoms. The van der Waals surface area contributed by atoms with Crippen LogP contribution < -0.4 is 5.32 Å². The SMILES string of the molecule is CN(CCCCCNC(=O)OC(C)(C)C)CC(O)[C@@H](O)[C@H](O)[C@H](O)CO[C@@H]1O[C@H](CO[C@@H]2O[C@H](CO)[C@@H](O)[C@H](O)[C@H]2O)[C@@H](O)[C@H](O)[C@H]1O. The molecule has 2 fully saturated rings. The van der Waals surface area contributed by atoms with Crippen molar-refractivity contribution < 1.29 is 84.7 Å². The molecule has 14 atom stereocenters. The Bertz CT molecular complexity index is 929.